The number of H-pyrrole nitrogens is 1. The molecule has 0 fully saturated rings. The Kier molecular flexibility index (Phi) is 5.14. The topological polar surface area (TPSA) is 99.9 Å². The zero-order chi connectivity index (χ0) is 21.3. The highest BCUT2D eigenvalue weighted by Gasteiger charge is 2.36. The lowest BCUT2D eigenvalue weighted by atomic mass is 9.96. The van der Waals surface area contributed by atoms with Gasteiger partial charge in [0.25, 0.3) is 5.91 Å². The Labute approximate surface area is 162 Å². The Morgan fingerprint density at radius 3 is 2.34 bits per heavy atom. The van der Waals surface area contributed by atoms with Crippen molar-refractivity contribution in [2.75, 3.05) is 25.1 Å². The summed E-state index contributed by atoms with van der Waals surface area (Å²) in [6, 6.07) is 6.91. The number of aromatic nitrogens is 3. The van der Waals surface area contributed by atoms with E-state index in [0.717, 1.165) is 12.1 Å². The number of hydrogen-bond acceptors (Lipinski definition) is 5. The molecule has 7 nitrogen and oxygen atoms in total. The molecule has 1 amide bonds. The number of rotatable bonds is 4. The largest absolute Gasteiger partial charge is 0.417 e. The molecule has 0 aliphatic carbocycles. The molecule has 0 unspecified atom stereocenters. The zero-order valence-corrected chi connectivity index (χ0v) is 15.3. The van der Waals surface area contributed by atoms with Crippen molar-refractivity contribution in [2.24, 2.45) is 0 Å². The van der Waals surface area contributed by atoms with Crippen LogP contribution in [-0.4, -0.2) is 40.1 Å². The van der Waals surface area contributed by atoms with Crippen molar-refractivity contribution < 1.29 is 22.4 Å². The molecule has 3 rings (SSSR count). The molecule has 1 heterocycles. The maximum absolute atomic E-state index is 14.7. The lowest BCUT2D eigenvalue weighted by molar-refractivity contribution is -0.137. The monoisotopic (exact) mass is 408 g/mol. The van der Waals surface area contributed by atoms with Crippen LogP contribution in [0.3, 0.4) is 0 Å². The second-order valence-corrected chi connectivity index (χ2v) is 6.32. The van der Waals surface area contributed by atoms with Gasteiger partial charge in [0.15, 0.2) is 0 Å². The van der Waals surface area contributed by atoms with E-state index in [9.17, 15) is 22.4 Å². The number of hydrogen-bond donors (Lipinski definition) is 3. The van der Waals surface area contributed by atoms with Crippen LogP contribution in [0.4, 0.5) is 35.1 Å². The van der Waals surface area contributed by atoms with E-state index in [0.29, 0.717) is 0 Å². The molecule has 0 saturated heterocycles. The van der Waals surface area contributed by atoms with E-state index < -0.39 is 23.1 Å². The number of aromatic amines is 1. The minimum absolute atomic E-state index is 0.0133. The van der Waals surface area contributed by atoms with Gasteiger partial charge in [0.2, 0.25) is 11.9 Å². The van der Waals surface area contributed by atoms with E-state index in [1.165, 1.54) is 29.2 Å². The maximum Gasteiger partial charge on any atom is 0.417 e. The van der Waals surface area contributed by atoms with Gasteiger partial charge >= 0.3 is 6.18 Å². The molecule has 0 bridgehead atoms. The van der Waals surface area contributed by atoms with Crippen molar-refractivity contribution in [3.05, 3.63) is 53.3 Å². The third-order valence-corrected chi connectivity index (χ3v) is 3.99. The first-order valence-corrected chi connectivity index (χ1v) is 8.24. The lowest BCUT2D eigenvalue weighted by Crippen LogP contribution is -2.21. The molecule has 0 saturated carbocycles. The molecule has 4 N–H and O–H groups in total. The Morgan fingerprint density at radius 1 is 1.17 bits per heavy atom. The van der Waals surface area contributed by atoms with Gasteiger partial charge in [-0.05, 0) is 29.8 Å². The van der Waals surface area contributed by atoms with E-state index in [4.69, 9.17) is 5.73 Å². The third-order valence-electron chi connectivity index (χ3n) is 3.99. The summed E-state index contributed by atoms with van der Waals surface area (Å²) in [4.78, 5) is 17.0. The molecule has 0 atom stereocenters. The Bertz CT molecular complexity index is 1040. The lowest BCUT2D eigenvalue weighted by Gasteiger charge is -2.17. The molecule has 0 spiro atoms. The number of carbonyl (C=O) groups is 1. The summed E-state index contributed by atoms with van der Waals surface area (Å²) in [5, 5.41) is 8.40. The quantitative estimate of drug-likeness (QED) is 0.572. The minimum atomic E-state index is -4.83. The van der Waals surface area contributed by atoms with Gasteiger partial charge in [0.1, 0.15) is 5.82 Å². The highest BCUT2D eigenvalue weighted by atomic mass is 19.4. The normalized spacial score (nSPS) is 11.4. The van der Waals surface area contributed by atoms with Crippen molar-refractivity contribution in [2.45, 2.75) is 6.18 Å². The predicted molar refractivity (Wildman–Crippen MR) is 98.9 cm³/mol. The van der Waals surface area contributed by atoms with Crippen LogP contribution in [0, 0.1) is 5.82 Å². The molecule has 0 radical (unpaired) electrons. The molecule has 2 aromatic carbocycles. The SMILES string of the molecule is CN(C)C(=O)c1ccc(-c2c(F)cc(Nc3nc(N)n[nH]3)cc2C(F)(F)F)cc1. The zero-order valence-electron chi connectivity index (χ0n) is 15.3. The van der Waals surface area contributed by atoms with Crippen LogP contribution in [0.15, 0.2) is 36.4 Å². The van der Waals surface area contributed by atoms with Crippen LogP contribution >= 0.6 is 0 Å². The summed E-state index contributed by atoms with van der Waals surface area (Å²) < 4.78 is 55.7. The number of nitrogens with two attached hydrogens (primary N) is 1. The summed E-state index contributed by atoms with van der Waals surface area (Å²) >= 11 is 0. The molecular formula is C18H16F4N6O. The third kappa shape index (κ3) is 4.28. The summed E-state index contributed by atoms with van der Waals surface area (Å²) in [5.41, 5.74) is 3.61. The number of nitrogens with zero attached hydrogens (tertiary/aromatic N) is 3. The summed E-state index contributed by atoms with van der Waals surface area (Å²) in [5.74, 6) is -1.57. The van der Waals surface area contributed by atoms with Gasteiger partial charge in [-0.1, -0.05) is 12.1 Å². The maximum atomic E-state index is 14.7. The van der Waals surface area contributed by atoms with E-state index in [1.807, 2.05) is 0 Å². The van der Waals surface area contributed by atoms with Gasteiger partial charge < -0.3 is 16.0 Å². The van der Waals surface area contributed by atoms with Crippen LogP contribution in [0.1, 0.15) is 15.9 Å². The van der Waals surface area contributed by atoms with Gasteiger partial charge in [-0.25, -0.2) is 9.49 Å². The van der Waals surface area contributed by atoms with Gasteiger partial charge in [0, 0.05) is 30.9 Å². The molecule has 29 heavy (non-hydrogen) atoms. The number of alkyl halides is 3. The van der Waals surface area contributed by atoms with Crippen molar-refractivity contribution in [1.82, 2.24) is 20.1 Å². The van der Waals surface area contributed by atoms with E-state index in [-0.39, 0.29) is 34.6 Å². The molecule has 3 aromatic rings. The summed E-state index contributed by atoms with van der Waals surface area (Å²) in [7, 11) is 3.09. The number of benzene rings is 2. The first-order valence-electron chi connectivity index (χ1n) is 8.24. The van der Waals surface area contributed by atoms with E-state index in [2.05, 4.69) is 20.5 Å². The van der Waals surface area contributed by atoms with Crippen LogP contribution < -0.4 is 11.1 Å². The molecule has 0 aliphatic rings. The number of anilines is 3. The average molecular weight is 408 g/mol. The average Bonchev–Trinajstić information content (AvgIpc) is 3.04. The smallest absolute Gasteiger partial charge is 0.366 e. The Balaban J connectivity index is 2.05. The first-order chi connectivity index (χ1) is 13.6. The summed E-state index contributed by atoms with van der Waals surface area (Å²) in [6.07, 6.45) is -4.83. The second-order valence-electron chi connectivity index (χ2n) is 6.32. The Hall–Kier alpha value is -3.63. The number of nitrogens with one attached hydrogen (secondary N) is 2. The molecule has 11 heteroatoms. The highest BCUT2D eigenvalue weighted by Crippen LogP contribution is 2.40. The van der Waals surface area contributed by atoms with Gasteiger partial charge in [-0.3, -0.25) is 4.79 Å². The van der Waals surface area contributed by atoms with Crippen LogP contribution in [0.5, 0.6) is 0 Å². The van der Waals surface area contributed by atoms with Crippen molar-refractivity contribution in [3.8, 4) is 11.1 Å². The van der Waals surface area contributed by atoms with Gasteiger partial charge in [-0.2, -0.15) is 18.2 Å². The fourth-order valence-electron chi connectivity index (χ4n) is 2.70. The number of nitrogen functional groups attached to an aromatic ring is 1. The molecule has 1 aromatic heterocycles. The number of carbonyl (C=O) groups excluding carboxylic acids is 1. The van der Waals surface area contributed by atoms with Gasteiger partial charge in [0.05, 0.1) is 5.56 Å². The number of amides is 1. The van der Waals surface area contributed by atoms with E-state index >= 15 is 0 Å². The fourth-order valence-corrected chi connectivity index (χ4v) is 2.70. The van der Waals surface area contributed by atoms with E-state index in [1.54, 1.807) is 14.1 Å². The molecular weight excluding hydrogens is 392 g/mol. The number of halogens is 4. The van der Waals surface area contributed by atoms with Crippen molar-refractivity contribution in [1.29, 1.82) is 0 Å². The van der Waals surface area contributed by atoms with Gasteiger partial charge in [-0.15, -0.1) is 5.10 Å². The first kappa shape index (κ1) is 20.1. The standard InChI is InChI=1S/C18H16F4N6O/c1-28(2)15(29)10-5-3-9(4-6-10)14-12(18(20,21)22)7-11(8-13(14)19)24-17-25-16(23)26-27-17/h3-8H,1-2H3,(H4,23,24,25,26,27). The summed E-state index contributed by atoms with van der Waals surface area (Å²) in [6.45, 7) is 0. The van der Waals surface area contributed by atoms with Crippen LogP contribution in [-0.2, 0) is 6.18 Å². The van der Waals surface area contributed by atoms with Crippen molar-refractivity contribution >= 4 is 23.5 Å². The highest BCUT2D eigenvalue weighted by molar-refractivity contribution is 5.94. The minimum Gasteiger partial charge on any atom is -0.366 e. The molecule has 0 aliphatic heterocycles. The van der Waals surface area contributed by atoms with Crippen LogP contribution in [0.25, 0.3) is 11.1 Å². The van der Waals surface area contributed by atoms with Crippen LogP contribution in [0.2, 0.25) is 0 Å². The predicted octanol–water partition coefficient (Wildman–Crippen LogP) is 3.66. The Morgan fingerprint density at radius 2 is 1.83 bits per heavy atom. The second kappa shape index (κ2) is 7.41. The molecule has 152 valence electrons. The van der Waals surface area contributed by atoms with Crippen molar-refractivity contribution in [3.63, 3.8) is 0 Å². The fraction of sp³-hybridized carbons (Fsp3) is 0.167.